The number of nitrogens with zero attached hydrogens (tertiary/aromatic N) is 1. The van der Waals surface area contributed by atoms with Crippen molar-refractivity contribution in [3.8, 4) is 0 Å². The minimum Gasteiger partial charge on any atom is -0.461 e. The van der Waals surface area contributed by atoms with Gasteiger partial charge in [0.2, 0.25) is 5.91 Å². The van der Waals surface area contributed by atoms with Crippen molar-refractivity contribution < 1.29 is 14.3 Å². The van der Waals surface area contributed by atoms with Gasteiger partial charge in [-0.05, 0) is 26.6 Å². The Bertz CT molecular complexity index is 291. The van der Waals surface area contributed by atoms with Crippen molar-refractivity contribution in [1.82, 2.24) is 4.90 Å². The molecule has 1 amide bonds. The highest BCUT2D eigenvalue weighted by molar-refractivity contribution is 6.18. The molecule has 0 fully saturated rings. The van der Waals surface area contributed by atoms with Gasteiger partial charge in [0.05, 0.1) is 0 Å². The Balaban J connectivity index is 0. The number of ether oxygens (including phenoxy) is 1. The third-order valence-corrected chi connectivity index (χ3v) is 1.85. The average molecular weight is 277 g/mol. The normalized spacial score (nSPS) is 9.11. The van der Waals surface area contributed by atoms with Gasteiger partial charge in [0.25, 0.3) is 0 Å². The van der Waals surface area contributed by atoms with E-state index in [1.54, 1.807) is 0 Å². The second kappa shape index (κ2) is 12.1. The first kappa shape index (κ1) is 19.0. The van der Waals surface area contributed by atoms with Crippen LogP contribution in [-0.4, -0.2) is 49.9 Å². The molecule has 2 N–H and O–H groups in total. The Morgan fingerprint density at radius 2 is 1.94 bits per heavy atom. The van der Waals surface area contributed by atoms with Gasteiger partial charge in [0.15, 0.2) is 0 Å². The zero-order chi connectivity index (χ0) is 14.6. The summed E-state index contributed by atoms with van der Waals surface area (Å²) >= 11 is 5.45. The highest BCUT2D eigenvalue weighted by atomic mass is 35.5. The van der Waals surface area contributed by atoms with Crippen LogP contribution in [-0.2, 0) is 14.3 Å². The monoisotopic (exact) mass is 276 g/mol. The molecular formula is C12H21ClN2O3. The van der Waals surface area contributed by atoms with Crippen molar-refractivity contribution in [2.24, 2.45) is 5.73 Å². The van der Waals surface area contributed by atoms with Crippen molar-refractivity contribution in [1.29, 1.82) is 0 Å². The lowest BCUT2D eigenvalue weighted by Crippen LogP contribution is -2.20. The molecule has 0 heterocycles. The van der Waals surface area contributed by atoms with Crippen LogP contribution in [0, 0.1) is 0 Å². The Morgan fingerprint density at radius 3 is 2.28 bits per heavy atom. The summed E-state index contributed by atoms with van der Waals surface area (Å²) < 4.78 is 4.93. The number of carbonyl (C=O) groups excluding carboxylic acids is 2. The van der Waals surface area contributed by atoms with Crippen molar-refractivity contribution in [2.45, 2.75) is 6.42 Å². The summed E-state index contributed by atoms with van der Waals surface area (Å²) in [4.78, 5) is 22.5. The Labute approximate surface area is 113 Å². The third kappa shape index (κ3) is 14.7. The van der Waals surface area contributed by atoms with Gasteiger partial charge in [-0.25, -0.2) is 4.79 Å². The molecule has 0 aliphatic carbocycles. The maximum absolute atomic E-state index is 11.1. The number of carbonyl (C=O) groups is 2. The molecular weight excluding hydrogens is 256 g/mol. The predicted molar refractivity (Wildman–Crippen MR) is 73.4 cm³/mol. The molecule has 0 aromatic carbocycles. The summed E-state index contributed by atoms with van der Waals surface area (Å²) in [6.45, 7) is 7.77. The van der Waals surface area contributed by atoms with E-state index in [0.29, 0.717) is 24.5 Å². The molecule has 104 valence electrons. The van der Waals surface area contributed by atoms with E-state index in [4.69, 9.17) is 16.3 Å². The van der Waals surface area contributed by atoms with Gasteiger partial charge in [-0.2, -0.15) is 0 Å². The lowest BCUT2D eigenvalue weighted by Gasteiger charge is -2.10. The van der Waals surface area contributed by atoms with Crippen LogP contribution in [0.5, 0.6) is 0 Å². The highest BCUT2D eigenvalue weighted by Gasteiger charge is 2.06. The molecule has 0 radical (unpaired) electrons. The van der Waals surface area contributed by atoms with Gasteiger partial charge in [0.1, 0.15) is 6.61 Å². The predicted octanol–water partition coefficient (Wildman–Crippen LogP) is 0.934. The Hall–Kier alpha value is -1.33. The topological polar surface area (TPSA) is 72.6 Å². The number of halogens is 1. The summed E-state index contributed by atoms with van der Waals surface area (Å²) in [6, 6.07) is 0. The summed E-state index contributed by atoms with van der Waals surface area (Å²) in [5.74, 6) is -0.422. The number of primary amides is 1. The fraction of sp³-hybridized carbons (Fsp3) is 0.500. The molecule has 5 nitrogen and oxygen atoms in total. The second-order valence-electron chi connectivity index (χ2n) is 3.59. The smallest absolute Gasteiger partial charge is 0.333 e. The molecule has 0 spiro atoms. The van der Waals surface area contributed by atoms with Gasteiger partial charge in [0, 0.05) is 18.0 Å². The van der Waals surface area contributed by atoms with E-state index < -0.39 is 5.91 Å². The number of likely N-dealkylation sites (N-methyl/N-ethyl adjacent to an activating group) is 1. The standard InChI is InChI=1S/C9H16ClNO2.C3H5NO/c1-8(4-5-10)9(12)13-7-6-11(2)3;1-2-3(4)5/h1,4-7H2,2-3H3;2H,1H2,(H2,4,5). The zero-order valence-electron chi connectivity index (χ0n) is 10.9. The first-order valence-corrected chi connectivity index (χ1v) is 5.86. The lowest BCUT2D eigenvalue weighted by molar-refractivity contribution is -0.139. The van der Waals surface area contributed by atoms with Crippen molar-refractivity contribution >= 4 is 23.5 Å². The number of nitrogens with two attached hydrogens (primary N) is 1. The Kier molecular flexibility index (Phi) is 12.8. The molecule has 0 saturated carbocycles. The van der Waals surface area contributed by atoms with Crippen LogP contribution >= 0.6 is 11.6 Å². The number of hydrogen-bond donors (Lipinski definition) is 1. The lowest BCUT2D eigenvalue weighted by atomic mass is 10.2. The number of amides is 1. The average Bonchev–Trinajstić information content (AvgIpc) is 2.29. The summed E-state index contributed by atoms with van der Waals surface area (Å²) in [7, 11) is 3.84. The van der Waals surface area contributed by atoms with E-state index in [9.17, 15) is 9.59 Å². The minimum atomic E-state index is -0.481. The molecule has 18 heavy (non-hydrogen) atoms. The van der Waals surface area contributed by atoms with Crippen LogP contribution in [0.1, 0.15) is 6.42 Å². The number of alkyl halides is 1. The molecule has 0 atom stereocenters. The summed E-state index contributed by atoms with van der Waals surface area (Å²) in [5, 5.41) is 0. The summed E-state index contributed by atoms with van der Waals surface area (Å²) in [6.07, 6.45) is 1.54. The molecule has 0 aliphatic rings. The first-order chi connectivity index (χ1) is 8.34. The van der Waals surface area contributed by atoms with Gasteiger partial charge in [-0.1, -0.05) is 13.2 Å². The quantitative estimate of drug-likeness (QED) is 0.427. The molecule has 0 aliphatic heterocycles. The van der Waals surface area contributed by atoms with E-state index in [1.165, 1.54) is 0 Å². The van der Waals surface area contributed by atoms with Crippen molar-refractivity contribution in [3.05, 3.63) is 24.8 Å². The minimum absolute atomic E-state index is 0.345. The number of esters is 1. The third-order valence-electron chi connectivity index (χ3n) is 1.66. The van der Waals surface area contributed by atoms with Crippen LogP contribution < -0.4 is 5.73 Å². The molecule has 6 heteroatoms. The maximum Gasteiger partial charge on any atom is 0.333 e. The number of hydrogen-bond acceptors (Lipinski definition) is 4. The van der Waals surface area contributed by atoms with Crippen LogP contribution in [0.15, 0.2) is 24.8 Å². The van der Waals surface area contributed by atoms with Crippen LogP contribution in [0.3, 0.4) is 0 Å². The van der Waals surface area contributed by atoms with Crippen molar-refractivity contribution in [3.63, 3.8) is 0 Å². The van der Waals surface area contributed by atoms with Gasteiger partial charge in [-0.15, -0.1) is 11.6 Å². The highest BCUT2D eigenvalue weighted by Crippen LogP contribution is 2.02. The SMILES string of the molecule is C=C(CCCl)C(=O)OCCN(C)C.C=CC(N)=O. The van der Waals surface area contributed by atoms with E-state index in [0.717, 1.165) is 12.6 Å². The van der Waals surface area contributed by atoms with E-state index >= 15 is 0 Å². The van der Waals surface area contributed by atoms with Crippen LogP contribution in [0.25, 0.3) is 0 Å². The fourth-order valence-corrected chi connectivity index (χ4v) is 0.867. The second-order valence-corrected chi connectivity index (χ2v) is 3.97. The molecule has 0 rings (SSSR count). The van der Waals surface area contributed by atoms with Crippen LogP contribution in [0.2, 0.25) is 0 Å². The van der Waals surface area contributed by atoms with E-state index in [1.807, 2.05) is 19.0 Å². The van der Waals surface area contributed by atoms with E-state index in [-0.39, 0.29) is 5.97 Å². The van der Waals surface area contributed by atoms with Gasteiger partial charge < -0.3 is 15.4 Å². The fourth-order valence-electron chi connectivity index (χ4n) is 0.639. The molecule has 0 saturated heterocycles. The van der Waals surface area contributed by atoms with Crippen molar-refractivity contribution in [2.75, 3.05) is 33.1 Å². The molecule has 0 bridgehead atoms. The molecule has 0 unspecified atom stereocenters. The molecule has 0 aromatic heterocycles. The van der Waals surface area contributed by atoms with Gasteiger partial charge in [-0.3, -0.25) is 4.79 Å². The molecule has 0 aromatic rings. The first-order valence-electron chi connectivity index (χ1n) is 5.32. The zero-order valence-corrected chi connectivity index (χ0v) is 11.7. The maximum atomic E-state index is 11.1. The van der Waals surface area contributed by atoms with Gasteiger partial charge >= 0.3 is 5.97 Å². The summed E-state index contributed by atoms with van der Waals surface area (Å²) in [5.41, 5.74) is 4.97. The largest absolute Gasteiger partial charge is 0.461 e. The van der Waals surface area contributed by atoms with Crippen LogP contribution in [0.4, 0.5) is 0 Å². The van der Waals surface area contributed by atoms with E-state index in [2.05, 4.69) is 18.9 Å². The number of rotatable bonds is 7. The Morgan fingerprint density at radius 1 is 1.44 bits per heavy atom.